The van der Waals surface area contributed by atoms with E-state index >= 15 is 0 Å². The van der Waals surface area contributed by atoms with Gasteiger partial charge in [-0.15, -0.1) is 0 Å². The summed E-state index contributed by atoms with van der Waals surface area (Å²) in [6, 6.07) is 3.57. The van der Waals surface area contributed by atoms with Gasteiger partial charge in [0.1, 0.15) is 6.10 Å². The van der Waals surface area contributed by atoms with Crippen LogP contribution in [0.1, 0.15) is 51.0 Å². The van der Waals surface area contributed by atoms with E-state index in [0.717, 1.165) is 24.8 Å². The average molecular weight is 360 g/mol. The fraction of sp³-hybridized carbons (Fsp3) is 0.632. The van der Waals surface area contributed by atoms with Gasteiger partial charge in [-0.25, -0.2) is 9.78 Å². The first-order chi connectivity index (χ1) is 12.6. The first-order valence-electron chi connectivity index (χ1n) is 9.51. The number of urea groups is 1. The Kier molecular flexibility index (Phi) is 6.30. The average Bonchev–Trinajstić information content (AvgIpc) is 3.10. The summed E-state index contributed by atoms with van der Waals surface area (Å²) in [7, 11) is 0. The molecule has 1 unspecified atom stereocenters. The molecule has 1 aliphatic carbocycles. The molecule has 142 valence electrons. The smallest absolute Gasteiger partial charge is 0.315 e. The van der Waals surface area contributed by atoms with E-state index in [-0.39, 0.29) is 24.1 Å². The van der Waals surface area contributed by atoms with E-state index in [1.807, 2.05) is 12.1 Å². The Bertz CT molecular complexity index is 631. The Morgan fingerprint density at radius 2 is 2.08 bits per heavy atom. The van der Waals surface area contributed by atoms with Crippen LogP contribution in [0.3, 0.4) is 0 Å². The molecule has 0 spiro atoms. The maximum absolute atomic E-state index is 12.1. The van der Waals surface area contributed by atoms with E-state index in [0.29, 0.717) is 25.5 Å². The van der Waals surface area contributed by atoms with Crippen molar-refractivity contribution in [1.29, 1.82) is 0 Å². The van der Waals surface area contributed by atoms with Gasteiger partial charge >= 0.3 is 6.03 Å². The van der Waals surface area contributed by atoms with Crippen molar-refractivity contribution in [2.24, 2.45) is 0 Å². The molecule has 2 N–H and O–H groups in total. The van der Waals surface area contributed by atoms with Crippen molar-refractivity contribution in [3.8, 4) is 5.88 Å². The van der Waals surface area contributed by atoms with E-state index in [4.69, 9.17) is 4.74 Å². The van der Waals surface area contributed by atoms with Gasteiger partial charge < -0.3 is 20.3 Å². The fourth-order valence-electron chi connectivity index (χ4n) is 3.56. The minimum atomic E-state index is -0.216. The highest BCUT2D eigenvalue weighted by molar-refractivity contribution is 5.75. The zero-order valence-electron chi connectivity index (χ0n) is 15.4. The molecule has 1 atom stereocenters. The molecule has 1 aliphatic heterocycles. The number of likely N-dealkylation sites (tertiary alicyclic amines) is 1. The Hall–Kier alpha value is -2.31. The van der Waals surface area contributed by atoms with E-state index in [2.05, 4.69) is 15.6 Å². The van der Waals surface area contributed by atoms with Crippen molar-refractivity contribution < 1.29 is 14.3 Å². The number of hydrogen-bond acceptors (Lipinski definition) is 4. The number of carbonyl (C=O) groups excluding carboxylic acids is 2. The van der Waals surface area contributed by atoms with Crippen LogP contribution in [0.25, 0.3) is 0 Å². The minimum Gasteiger partial charge on any atom is -0.474 e. The van der Waals surface area contributed by atoms with Gasteiger partial charge in [0.05, 0.1) is 0 Å². The summed E-state index contributed by atoms with van der Waals surface area (Å²) in [6.45, 7) is 3.25. The molecule has 26 heavy (non-hydrogen) atoms. The Balaban J connectivity index is 1.43. The lowest BCUT2D eigenvalue weighted by Gasteiger charge is -2.22. The molecule has 2 fully saturated rings. The molecule has 2 aliphatic rings. The van der Waals surface area contributed by atoms with Crippen LogP contribution in [-0.4, -0.2) is 47.1 Å². The van der Waals surface area contributed by atoms with E-state index in [1.165, 1.54) is 19.3 Å². The van der Waals surface area contributed by atoms with E-state index in [9.17, 15) is 9.59 Å². The van der Waals surface area contributed by atoms with Crippen LogP contribution in [-0.2, 0) is 11.3 Å². The first kappa shape index (κ1) is 18.5. The highest BCUT2D eigenvalue weighted by Gasteiger charge is 2.25. The van der Waals surface area contributed by atoms with Crippen LogP contribution in [0.2, 0.25) is 0 Å². The lowest BCUT2D eigenvalue weighted by molar-refractivity contribution is -0.127. The third-order valence-electron chi connectivity index (χ3n) is 5.06. The van der Waals surface area contributed by atoms with Gasteiger partial charge in [0, 0.05) is 44.9 Å². The normalized spacial score (nSPS) is 20.7. The summed E-state index contributed by atoms with van der Waals surface area (Å²) in [4.78, 5) is 29.5. The van der Waals surface area contributed by atoms with Crippen molar-refractivity contribution in [3.05, 3.63) is 23.9 Å². The Morgan fingerprint density at radius 1 is 1.27 bits per heavy atom. The van der Waals surface area contributed by atoms with Gasteiger partial charge in [-0.1, -0.05) is 6.42 Å². The third kappa shape index (κ3) is 5.34. The van der Waals surface area contributed by atoms with Crippen molar-refractivity contribution in [3.63, 3.8) is 0 Å². The largest absolute Gasteiger partial charge is 0.474 e. The topological polar surface area (TPSA) is 83.6 Å². The van der Waals surface area contributed by atoms with Gasteiger partial charge in [0.25, 0.3) is 0 Å². The number of aromatic nitrogens is 1. The molecule has 3 amide bonds. The zero-order valence-corrected chi connectivity index (χ0v) is 15.4. The summed E-state index contributed by atoms with van der Waals surface area (Å²) >= 11 is 0. The van der Waals surface area contributed by atoms with Crippen LogP contribution in [0.5, 0.6) is 5.88 Å². The number of nitrogens with one attached hydrogen (secondary N) is 2. The summed E-state index contributed by atoms with van der Waals surface area (Å²) in [5, 5.41) is 5.79. The van der Waals surface area contributed by atoms with Gasteiger partial charge in [0.15, 0.2) is 0 Å². The summed E-state index contributed by atoms with van der Waals surface area (Å²) < 4.78 is 5.97. The number of pyridine rings is 1. The predicted molar refractivity (Wildman–Crippen MR) is 97.8 cm³/mol. The molecule has 1 aromatic rings. The van der Waals surface area contributed by atoms with Crippen LogP contribution >= 0.6 is 0 Å². The number of hydrogen-bond donors (Lipinski definition) is 2. The molecule has 0 radical (unpaired) electrons. The molecule has 0 bridgehead atoms. The highest BCUT2D eigenvalue weighted by atomic mass is 16.5. The molecule has 3 rings (SSSR count). The van der Waals surface area contributed by atoms with Crippen molar-refractivity contribution in [2.75, 3.05) is 13.1 Å². The number of carbonyl (C=O) groups is 2. The van der Waals surface area contributed by atoms with Gasteiger partial charge in [-0.05, 0) is 43.7 Å². The fourth-order valence-corrected chi connectivity index (χ4v) is 3.56. The van der Waals surface area contributed by atoms with Crippen LogP contribution in [0.4, 0.5) is 4.79 Å². The van der Waals surface area contributed by atoms with Crippen molar-refractivity contribution in [2.45, 2.75) is 64.1 Å². The maximum atomic E-state index is 12.1. The van der Waals surface area contributed by atoms with Crippen molar-refractivity contribution in [1.82, 2.24) is 20.5 Å². The summed E-state index contributed by atoms with van der Waals surface area (Å²) in [5.74, 6) is 0.682. The number of amides is 3. The molecule has 1 aromatic heterocycles. The molecule has 7 heteroatoms. The third-order valence-corrected chi connectivity index (χ3v) is 5.06. The van der Waals surface area contributed by atoms with Gasteiger partial charge in [-0.2, -0.15) is 0 Å². The second-order valence-corrected chi connectivity index (χ2v) is 7.16. The molecule has 1 saturated heterocycles. The SMILES string of the molecule is CC(=O)N1CCC(NC(=O)NCc2ccnc(OC3CCCCC3)c2)C1. The van der Waals surface area contributed by atoms with Crippen molar-refractivity contribution >= 4 is 11.9 Å². The molecular formula is C19H28N4O3. The van der Waals surface area contributed by atoms with Crippen LogP contribution < -0.4 is 15.4 Å². The standard InChI is InChI=1S/C19H28N4O3/c1-14(24)23-10-8-16(13-23)22-19(25)21-12-15-7-9-20-18(11-15)26-17-5-3-2-4-6-17/h7,9,11,16-17H,2-6,8,10,12-13H2,1H3,(H2,21,22,25). The second kappa shape index (κ2) is 8.87. The first-order valence-corrected chi connectivity index (χ1v) is 9.51. The monoisotopic (exact) mass is 360 g/mol. The van der Waals surface area contributed by atoms with Gasteiger partial charge in [-0.3, -0.25) is 4.79 Å². The summed E-state index contributed by atoms with van der Waals surface area (Å²) in [5.41, 5.74) is 0.956. The lowest BCUT2D eigenvalue weighted by atomic mass is 9.98. The Labute approximate surface area is 154 Å². The number of ether oxygens (including phenoxy) is 1. The van der Waals surface area contributed by atoms with E-state index < -0.39 is 0 Å². The quantitative estimate of drug-likeness (QED) is 0.843. The van der Waals surface area contributed by atoms with E-state index in [1.54, 1.807) is 18.0 Å². The maximum Gasteiger partial charge on any atom is 0.315 e. The number of nitrogens with zero attached hydrogens (tertiary/aromatic N) is 2. The molecule has 0 aromatic carbocycles. The number of rotatable bonds is 5. The lowest BCUT2D eigenvalue weighted by Crippen LogP contribution is -2.43. The molecule has 2 heterocycles. The predicted octanol–water partition coefficient (Wildman–Crippen LogP) is 2.21. The zero-order chi connectivity index (χ0) is 18.4. The van der Waals surface area contributed by atoms with Gasteiger partial charge in [0.2, 0.25) is 11.8 Å². The molecule has 7 nitrogen and oxygen atoms in total. The minimum absolute atomic E-state index is 0.0153. The molecule has 1 saturated carbocycles. The highest BCUT2D eigenvalue weighted by Crippen LogP contribution is 2.22. The summed E-state index contributed by atoms with van der Waals surface area (Å²) in [6.07, 6.45) is 8.67. The van der Waals surface area contributed by atoms with Crippen LogP contribution in [0.15, 0.2) is 18.3 Å². The molecular weight excluding hydrogens is 332 g/mol. The van der Waals surface area contributed by atoms with Crippen LogP contribution in [0, 0.1) is 0 Å². The second-order valence-electron chi connectivity index (χ2n) is 7.16. The Morgan fingerprint density at radius 3 is 2.81 bits per heavy atom.